The summed E-state index contributed by atoms with van der Waals surface area (Å²) in [6.07, 6.45) is 3.24. The molecule has 1 atom stereocenters. The molecule has 1 saturated heterocycles. The molecule has 0 radical (unpaired) electrons. The highest BCUT2D eigenvalue weighted by atomic mass is 35.5. The van der Waals surface area contributed by atoms with E-state index in [0.717, 1.165) is 24.0 Å². The van der Waals surface area contributed by atoms with Gasteiger partial charge < -0.3 is 28.8 Å². The lowest BCUT2D eigenvalue weighted by molar-refractivity contribution is -0.132. The lowest BCUT2D eigenvalue weighted by atomic mass is 10.1. The average molecular weight is 699 g/mol. The van der Waals surface area contributed by atoms with Crippen LogP contribution in [0.1, 0.15) is 57.6 Å². The number of furan rings is 1. The predicted octanol–water partition coefficient (Wildman–Crippen LogP) is 5.23. The lowest BCUT2D eigenvalue weighted by Gasteiger charge is -2.22. The molecule has 1 aliphatic heterocycles. The minimum atomic E-state index is -0.815. The second-order valence-electron chi connectivity index (χ2n) is 11.9. The van der Waals surface area contributed by atoms with Gasteiger partial charge in [-0.05, 0) is 74.7 Å². The van der Waals surface area contributed by atoms with E-state index in [1.807, 2.05) is 31.2 Å². The van der Waals surface area contributed by atoms with Crippen molar-refractivity contribution in [3.63, 3.8) is 0 Å². The second-order valence-corrected chi connectivity index (χ2v) is 12.3. The number of hydrogen-bond acceptors (Lipinski definition) is 10. The van der Waals surface area contributed by atoms with Crippen molar-refractivity contribution in [3.8, 4) is 5.75 Å². The molecule has 1 unspecified atom stereocenters. The van der Waals surface area contributed by atoms with Crippen LogP contribution in [0.3, 0.4) is 0 Å². The van der Waals surface area contributed by atoms with Crippen molar-refractivity contribution in [2.24, 2.45) is 4.99 Å². The van der Waals surface area contributed by atoms with Gasteiger partial charge in [0.2, 0.25) is 23.6 Å². The largest absolute Gasteiger partial charge is 0.484 e. The van der Waals surface area contributed by atoms with E-state index in [1.54, 1.807) is 43.3 Å². The summed E-state index contributed by atoms with van der Waals surface area (Å²) in [5, 5.41) is 11.3. The van der Waals surface area contributed by atoms with E-state index >= 15 is 0 Å². The Labute approximate surface area is 292 Å². The summed E-state index contributed by atoms with van der Waals surface area (Å²) in [5.41, 5.74) is 1.74. The SMILES string of the molecule is Cc1cc2cc(NC(=NC3CCCCN(Cc4nc(COc5ccccc5Cl)no4)C3=O)NC(=O)c3ccc(C(=O)N(C)C)nc3)ccc2o1. The standard InChI is InChI=1S/C35H35ClN8O6/c1-21-16-23-17-24(12-14-28(23)49-21)38-35(41-32(45)22-11-13-26(37-18-22)33(46)43(2)3)39-27-9-6-7-15-44(34(27)47)19-31-40-30(42-50-31)20-48-29-10-5-4-8-25(29)36/h4-5,8,10-14,16-18,27H,6-7,9,15,19-20H2,1-3H3,(H2,38,39,41,45). The van der Waals surface area contributed by atoms with Gasteiger partial charge in [0.15, 0.2) is 6.61 Å². The van der Waals surface area contributed by atoms with E-state index in [4.69, 9.17) is 30.3 Å². The number of benzene rings is 2. The number of aliphatic imine (C=N–C) groups is 1. The Morgan fingerprint density at radius 3 is 2.74 bits per heavy atom. The number of anilines is 1. The van der Waals surface area contributed by atoms with Gasteiger partial charge in [0.05, 0.1) is 10.6 Å². The van der Waals surface area contributed by atoms with E-state index < -0.39 is 11.9 Å². The maximum atomic E-state index is 13.9. The number of aromatic nitrogens is 3. The minimum Gasteiger partial charge on any atom is -0.484 e. The molecule has 1 aliphatic rings. The Bertz CT molecular complexity index is 2040. The molecule has 6 rings (SSSR count). The molecule has 3 aromatic heterocycles. The molecule has 0 aliphatic carbocycles. The summed E-state index contributed by atoms with van der Waals surface area (Å²) in [6, 6.07) is 16.6. The summed E-state index contributed by atoms with van der Waals surface area (Å²) < 4.78 is 16.8. The number of fused-ring (bicyclic) bond motifs is 1. The summed E-state index contributed by atoms with van der Waals surface area (Å²) in [5.74, 6) is 0.815. The molecule has 3 amide bonds. The van der Waals surface area contributed by atoms with E-state index in [-0.39, 0.29) is 48.1 Å². The molecule has 0 spiro atoms. The molecule has 14 nitrogen and oxygen atoms in total. The van der Waals surface area contributed by atoms with Gasteiger partial charge in [-0.3, -0.25) is 24.7 Å². The van der Waals surface area contributed by atoms with Crippen molar-refractivity contribution in [1.29, 1.82) is 0 Å². The molecular weight excluding hydrogens is 664 g/mol. The number of nitrogens with one attached hydrogen (secondary N) is 2. The van der Waals surface area contributed by atoms with Crippen molar-refractivity contribution in [3.05, 3.63) is 101 Å². The zero-order valence-electron chi connectivity index (χ0n) is 27.7. The van der Waals surface area contributed by atoms with Gasteiger partial charge in [-0.1, -0.05) is 28.9 Å². The summed E-state index contributed by atoms with van der Waals surface area (Å²) in [7, 11) is 3.24. The fourth-order valence-electron chi connectivity index (χ4n) is 5.35. The Morgan fingerprint density at radius 1 is 1.12 bits per heavy atom. The van der Waals surface area contributed by atoms with Crippen LogP contribution in [0.4, 0.5) is 5.69 Å². The first-order valence-electron chi connectivity index (χ1n) is 15.9. The molecule has 50 heavy (non-hydrogen) atoms. The van der Waals surface area contributed by atoms with Crippen LogP contribution >= 0.6 is 11.6 Å². The third kappa shape index (κ3) is 8.26. The van der Waals surface area contributed by atoms with E-state index in [1.165, 1.54) is 23.2 Å². The monoisotopic (exact) mass is 698 g/mol. The highest BCUT2D eigenvalue weighted by molar-refractivity contribution is 6.32. The number of aryl methyl sites for hydroxylation is 1. The summed E-state index contributed by atoms with van der Waals surface area (Å²) >= 11 is 6.17. The number of guanidine groups is 1. The van der Waals surface area contributed by atoms with Crippen LogP contribution in [0.2, 0.25) is 5.02 Å². The zero-order valence-corrected chi connectivity index (χ0v) is 28.4. The van der Waals surface area contributed by atoms with Crippen molar-refractivity contribution >= 4 is 51.9 Å². The van der Waals surface area contributed by atoms with Crippen LogP contribution in [-0.4, -0.2) is 75.3 Å². The molecule has 0 bridgehead atoms. The lowest BCUT2D eigenvalue weighted by Crippen LogP contribution is -2.41. The molecule has 258 valence electrons. The Morgan fingerprint density at radius 2 is 1.96 bits per heavy atom. The normalized spacial score (nSPS) is 15.1. The van der Waals surface area contributed by atoms with E-state index in [2.05, 4.69) is 25.8 Å². The maximum absolute atomic E-state index is 13.9. The molecule has 5 aromatic rings. The number of hydrogen-bond donors (Lipinski definition) is 2. The molecular formula is C35H35ClN8O6. The maximum Gasteiger partial charge on any atom is 0.271 e. The number of rotatable bonds is 9. The predicted molar refractivity (Wildman–Crippen MR) is 185 cm³/mol. The fraction of sp³-hybridized carbons (Fsp3) is 0.286. The Balaban J connectivity index is 1.20. The van der Waals surface area contributed by atoms with Gasteiger partial charge in [0.1, 0.15) is 35.4 Å². The number of pyridine rings is 1. The molecule has 4 heterocycles. The van der Waals surface area contributed by atoms with Crippen molar-refractivity contribution in [2.45, 2.75) is 45.4 Å². The topological polar surface area (TPSA) is 168 Å². The third-order valence-electron chi connectivity index (χ3n) is 7.85. The van der Waals surface area contributed by atoms with Gasteiger partial charge in [-0.25, -0.2) is 4.99 Å². The molecule has 2 aromatic carbocycles. The number of carbonyl (C=O) groups excluding carboxylic acids is 3. The Kier molecular flexibility index (Phi) is 10.4. The number of carbonyl (C=O) groups is 3. The third-order valence-corrected chi connectivity index (χ3v) is 8.16. The van der Waals surface area contributed by atoms with Crippen LogP contribution in [0.25, 0.3) is 11.0 Å². The minimum absolute atomic E-state index is 0.0389. The number of halogens is 1. The van der Waals surface area contributed by atoms with Crippen molar-refractivity contribution < 1.29 is 28.1 Å². The Hall–Kier alpha value is -5.76. The highest BCUT2D eigenvalue weighted by Gasteiger charge is 2.29. The van der Waals surface area contributed by atoms with Crippen LogP contribution in [0.5, 0.6) is 5.75 Å². The first-order chi connectivity index (χ1) is 24.1. The first kappa shape index (κ1) is 34.1. The van der Waals surface area contributed by atoms with Crippen LogP contribution < -0.4 is 15.4 Å². The van der Waals surface area contributed by atoms with Crippen LogP contribution in [0.15, 0.2) is 80.8 Å². The van der Waals surface area contributed by atoms with Gasteiger partial charge in [0.25, 0.3) is 11.8 Å². The number of nitrogens with zero attached hydrogens (tertiary/aromatic N) is 6. The molecule has 2 N–H and O–H groups in total. The quantitative estimate of drug-likeness (QED) is 0.154. The van der Waals surface area contributed by atoms with E-state index in [0.29, 0.717) is 40.8 Å². The molecule has 0 saturated carbocycles. The number of ether oxygens (including phenoxy) is 1. The average Bonchev–Trinajstić information content (AvgIpc) is 3.67. The summed E-state index contributed by atoms with van der Waals surface area (Å²) in [4.78, 5) is 55.9. The van der Waals surface area contributed by atoms with Gasteiger partial charge >= 0.3 is 0 Å². The van der Waals surface area contributed by atoms with Crippen LogP contribution in [-0.2, 0) is 17.9 Å². The van der Waals surface area contributed by atoms with Gasteiger partial charge in [-0.2, -0.15) is 4.98 Å². The number of para-hydroxylation sites is 1. The smallest absolute Gasteiger partial charge is 0.271 e. The second kappa shape index (κ2) is 15.2. The molecule has 1 fully saturated rings. The molecule has 15 heteroatoms. The number of amides is 3. The van der Waals surface area contributed by atoms with Crippen molar-refractivity contribution in [1.82, 2.24) is 30.2 Å². The van der Waals surface area contributed by atoms with Crippen molar-refractivity contribution in [2.75, 3.05) is 26.0 Å². The van der Waals surface area contributed by atoms with Gasteiger partial charge in [0, 0.05) is 37.9 Å². The summed E-state index contributed by atoms with van der Waals surface area (Å²) in [6.45, 7) is 2.45. The van der Waals surface area contributed by atoms with E-state index in [9.17, 15) is 14.4 Å². The highest BCUT2D eigenvalue weighted by Crippen LogP contribution is 2.25. The number of likely N-dealkylation sites (tertiary alicyclic amines) is 1. The van der Waals surface area contributed by atoms with Crippen LogP contribution in [0, 0.1) is 6.92 Å². The van der Waals surface area contributed by atoms with Gasteiger partial charge in [-0.15, -0.1) is 0 Å². The first-order valence-corrected chi connectivity index (χ1v) is 16.3. The zero-order chi connectivity index (χ0) is 35.2. The fourth-order valence-corrected chi connectivity index (χ4v) is 5.54.